The molecule has 1 atom stereocenters. The smallest absolute Gasteiger partial charge is 0.123 e. The maximum Gasteiger partial charge on any atom is 0.123 e. The molecule has 0 saturated heterocycles. The highest BCUT2D eigenvalue weighted by atomic mass is 19.1. The van der Waals surface area contributed by atoms with Gasteiger partial charge in [0.25, 0.3) is 0 Å². The van der Waals surface area contributed by atoms with E-state index in [-0.39, 0.29) is 0 Å². The van der Waals surface area contributed by atoms with Crippen LogP contribution in [0.2, 0.25) is 0 Å². The van der Waals surface area contributed by atoms with Crippen molar-refractivity contribution in [3.05, 3.63) is 156 Å². The zero-order chi connectivity index (χ0) is 31.6. The van der Waals surface area contributed by atoms with Gasteiger partial charge in [-0.05, 0) is 99.5 Å². The molecule has 0 fully saturated rings. The number of H-pyrrole nitrogens is 1. The Morgan fingerprint density at radius 3 is 2.30 bits per heavy atom. The number of aryl methyl sites for hydroxylation is 1. The lowest BCUT2D eigenvalue weighted by Crippen LogP contribution is -2.06. The van der Waals surface area contributed by atoms with E-state index in [9.17, 15) is 4.39 Å². The van der Waals surface area contributed by atoms with Crippen LogP contribution >= 0.6 is 0 Å². The van der Waals surface area contributed by atoms with Crippen LogP contribution in [0, 0.1) is 0 Å². The maximum atomic E-state index is 15.3. The molecule has 1 unspecified atom stereocenters. The normalized spacial score (nSPS) is 14.3. The van der Waals surface area contributed by atoms with Crippen molar-refractivity contribution in [3.63, 3.8) is 0 Å². The number of aromatic amines is 1. The van der Waals surface area contributed by atoms with E-state index in [1.807, 2.05) is 37.4 Å². The number of rotatable bonds is 7. The molecule has 5 aromatic carbocycles. The van der Waals surface area contributed by atoms with Crippen LogP contribution in [0.4, 0.5) is 8.78 Å². The molecule has 2 nitrogen and oxygen atoms in total. The molecule has 7 rings (SSSR count). The zero-order valence-electron chi connectivity index (χ0n) is 25.9. The van der Waals surface area contributed by atoms with Gasteiger partial charge < -0.3 is 4.98 Å². The van der Waals surface area contributed by atoms with E-state index in [4.69, 9.17) is 4.99 Å². The van der Waals surface area contributed by atoms with Crippen LogP contribution in [0.3, 0.4) is 0 Å². The second-order valence-electron chi connectivity index (χ2n) is 11.7. The number of hydrogen-bond donors (Lipinski definition) is 1. The molecular formula is C42H34F2N2. The van der Waals surface area contributed by atoms with E-state index < -0.39 is 6.17 Å². The van der Waals surface area contributed by atoms with Crippen LogP contribution in [0.15, 0.2) is 133 Å². The van der Waals surface area contributed by atoms with Gasteiger partial charge in [0.2, 0.25) is 0 Å². The molecule has 0 spiro atoms. The fourth-order valence-corrected chi connectivity index (χ4v) is 6.82. The predicted molar refractivity (Wildman–Crippen MR) is 191 cm³/mol. The second-order valence-corrected chi connectivity index (χ2v) is 11.7. The topological polar surface area (TPSA) is 28.1 Å². The lowest BCUT2D eigenvalue weighted by Gasteiger charge is -2.18. The number of nitrogens with zero attached hydrogens (tertiary/aromatic N) is 1. The largest absolute Gasteiger partial charge is 0.356 e. The molecular weight excluding hydrogens is 570 g/mol. The summed E-state index contributed by atoms with van der Waals surface area (Å²) >= 11 is 0. The van der Waals surface area contributed by atoms with Crippen molar-refractivity contribution >= 4 is 38.9 Å². The van der Waals surface area contributed by atoms with E-state index in [1.54, 1.807) is 0 Å². The van der Waals surface area contributed by atoms with Crippen LogP contribution in [0.25, 0.3) is 55.4 Å². The zero-order valence-corrected chi connectivity index (χ0v) is 25.9. The maximum absolute atomic E-state index is 15.3. The molecule has 6 aromatic rings. The first-order chi connectivity index (χ1) is 22.6. The van der Waals surface area contributed by atoms with Crippen molar-refractivity contribution in [2.24, 2.45) is 4.99 Å². The fraction of sp³-hybridized carbons (Fsp3) is 0.119. The average Bonchev–Trinajstić information content (AvgIpc) is 3.48. The van der Waals surface area contributed by atoms with E-state index in [0.29, 0.717) is 17.5 Å². The van der Waals surface area contributed by atoms with Gasteiger partial charge in [0, 0.05) is 29.4 Å². The van der Waals surface area contributed by atoms with Crippen molar-refractivity contribution < 1.29 is 8.78 Å². The number of allylic oxidation sites excluding steroid dienone is 4. The minimum absolute atomic E-state index is 0.413. The summed E-state index contributed by atoms with van der Waals surface area (Å²) in [5.41, 5.74) is 10.2. The first-order valence-electron chi connectivity index (χ1n) is 15.7. The van der Waals surface area contributed by atoms with Gasteiger partial charge in [-0.1, -0.05) is 97.1 Å². The Bertz CT molecular complexity index is 2200. The summed E-state index contributed by atoms with van der Waals surface area (Å²) in [5.74, 6) is 0. The minimum Gasteiger partial charge on any atom is -0.356 e. The molecule has 1 N–H and O–H groups in total. The molecule has 226 valence electrons. The lowest BCUT2D eigenvalue weighted by molar-refractivity contribution is 0.442. The third-order valence-electron chi connectivity index (χ3n) is 8.88. The van der Waals surface area contributed by atoms with Crippen molar-refractivity contribution in [2.45, 2.75) is 25.9 Å². The molecule has 0 bridgehead atoms. The summed E-state index contributed by atoms with van der Waals surface area (Å²) in [6, 6.07) is 35.5. The highest BCUT2D eigenvalue weighted by Gasteiger charge is 2.24. The molecule has 0 amide bonds. The van der Waals surface area contributed by atoms with Gasteiger partial charge in [0.05, 0.1) is 17.7 Å². The number of alkyl halides is 1. The van der Waals surface area contributed by atoms with Gasteiger partial charge in [0.15, 0.2) is 0 Å². The summed E-state index contributed by atoms with van der Waals surface area (Å²) in [6.07, 6.45) is 8.15. The molecule has 0 aliphatic heterocycles. The molecule has 0 radical (unpaired) electrons. The number of fused-ring (bicyclic) bond motifs is 4. The number of aromatic nitrogens is 1. The van der Waals surface area contributed by atoms with Gasteiger partial charge in [-0.2, -0.15) is 0 Å². The highest BCUT2D eigenvalue weighted by Crippen LogP contribution is 2.42. The third kappa shape index (κ3) is 5.30. The summed E-state index contributed by atoms with van der Waals surface area (Å²) in [7, 11) is 1.82. The fourth-order valence-electron chi connectivity index (χ4n) is 6.82. The molecule has 1 aromatic heterocycles. The number of aliphatic imine (C=N–C) groups is 1. The summed E-state index contributed by atoms with van der Waals surface area (Å²) in [4.78, 5) is 8.52. The first kappa shape index (κ1) is 29.4. The highest BCUT2D eigenvalue weighted by molar-refractivity contribution is 6.17. The van der Waals surface area contributed by atoms with Gasteiger partial charge in [-0.25, -0.2) is 8.78 Å². The molecule has 1 aliphatic rings. The van der Waals surface area contributed by atoms with Gasteiger partial charge in [0.1, 0.15) is 6.17 Å². The molecule has 4 heteroatoms. The quantitative estimate of drug-likeness (QED) is 0.107. The summed E-state index contributed by atoms with van der Waals surface area (Å²) in [6.45, 7) is 1.50. The summed E-state index contributed by atoms with van der Waals surface area (Å²) < 4.78 is 28.6. The second kappa shape index (κ2) is 12.6. The first-order valence-corrected chi connectivity index (χ1v) is 15.7. The predicted octanol–water partition coefficient (Wildman–Crippen LogP) is 11.3. The third-order valence-corrected chi connectivity index (χ3v) is 8.88. The molecule has 0 saturated carbocycles. The van der Waals surface area contributed by atoms with Crippen LogP contribution in [-0.2, 0) is 6.42 Å². The van der Waals surface area contributed by atoms with Crippen LogP contribution in [0.5, 0.6) is 0 Å². The molecule has 1 heterocycles. The minimum atomic E-state index is -1.32. The Morgan fingerprint density at radius 2 is 1.54 bits per heavy atom. The van der Waals surface area contributed by atoms with Crippen LogP contribution in [-0.4, -0.2) is 23.9 Å². The lowest BCUT2D eigenvalue weighted by atomic mass is 9.86. The SMILES string of the molecule is CN=C(c1ccccc1)c1[nH]c2c(c1-c1cc(/C(=C/C=C\F)C(C)F)cc(-c3cc4ccccc4c4ccccc34)c1)C=CCC2. The Labute approximate surface area is 268 Å². The molecule has 1 aliphatic carbocycles. The van der Waals surface area contributed by atoms with E-state index in [2.05, 4.69) is 89.9 Å². The van der Waals surface area contributed by atoms with E-state index in [0.717, 1.165) is 79.5 Å². The van der Waals surface area contributed by atoms with Gasteiger partial charge in [-0.15, -0.1) is 0 Å². The number of halogens is 2. The number of hydrogen-bond acceptors (Lipinski definition) is 1. The standard InChI is InChI=1S/C42H34F2N2/c1-27(44)33(20-12-22-43)30-23-31(38-26-29-15-6-7-16-34(29)35-17-8-9-18-36(35)38)25-32(24-30)40-37-19-10-11-21-39(37)46-42(40)41(45-2)28-13-4-3-5-14-28/h3-10,12-20,22-27,46H,11,21H2,1-2H3/b22-12-,33-20+,45-41?. The average molecular weight is 605 g/mol. The van der Waals surface area contributed by atoms with Crippen molar-refractivity contribution in [3.8, 4) is 22.3 Å². The van der Waals surface area contributed by atoms with E-state index >= 15 is 4.39 Å². The van der Waals surface area contributed by atoms with E-state index in [1.165, 1.54) is 24.5 Å². The Hall–Kier alpha value is -5.35. The van der Waals surface area contributed by atoms with Crippen molar-refractivity contribution in [2.75, 3.05) is 7.05 Å². The van der Waals surface area contributed by atoms with Crippen LogP contribution in [0.1, 0.15) is 41.4 Å². The van der Waals surface area contributed by atoms with Crippen molar-refractivity contribution in [1.29, 1.82) is 0 Å². The molecule has 46 heavy (non-hydrogen) atoms. The van der Waals surface area contributed by atoms with Crippen molar-refractivity contribution in [1.82, 2.24) is 4.98 Å². The summed E-state index contributed by atoms with van der Waals surface area (Å²) in [5, 5.41) is 4.58. The van der Waals surface area contributed by atoms with Crippen LogP contribution < -0.4 is 0 Å². The number of benzene rings is 5. The Kier molecular flexibility index (Phi) is 8.02. The Morgan fingerprint density at radius 1 is 0.826 bits per heavy atom. The monoisotopic (exact) mass is 604 g/mol. The van der Waals surface area contributed by atoms with Gasteiger partial charge in [-0.3, -0.25) is 4.99 Å². The number of nitrogens with one attached hydrogen (secondary N) is 1. The van der Waals surface area contributed by atoms with Gasteiger partial charge >= 0.3 is 0 Å². The Balaban J connectivity index is 1.56.